The van der Waals surface area contributed by atoms with Crippen molar-refractivity contribution < 1.29 is 9.59 Å². The van der Waals surface area contributed by atoms with Crippen molar-refractivity contribution in [2.45, 2.75) is 18.9 Å². The normalized spacial score (nSPS) is 14.4. The molecule has 1 saturated heterocycles. The molecule has 2 aromatic carbocycles. The molecule has 2 aromatic rings. The lowest BCUT2D eigenvalue weighted by Crippen LogP contribution is -2.49. The summed E-state index contributed by atoms with van der Waals surface area (Å²) >= 11 is 5.83. The van der Waals surface area contributed by atoms with Crippen LogP contribution in [0.2, 0.25) is 0 Å². The van der Waals surface area contributed by atoms with Crippen LogP contribution in [0.25, 0.3) is 0 Å². The number of likely N-dealkylation sites (tertiary alicyclic amines) is 1. The molecule has 27 heavy (non-hydrogen) atoms. The summed E-state index contributed by atoms with van der Waals surface area (Å²) in [5.74, 6) is 2.33. The Hall–Kier alpha value is -2.77. The van der Waals surface area contributed by atoms with E-state index in [1.54, 1.807) is 21.9 Å². The maximum Gasteiger partial charge on any atom is 0.255 e. The van der Waals surface area contributed by atoms with Crippen molar-refractivity contribution in [2.75, 3.05) is 23.9 Å². The zero-order valence-electron chi connectivity index (χ0n) is 15.0. The number of terminal acetylenes is 1. The Kier molecular flexibility index (Phi) is 6.16. The quantitative estimate of drug-likeness (QED) is 0.601. The van der Waals surface area contributed by atoms with Gasteiger partial charge in [0.2, 0.25) is 5.91 Å². The van der Waals surface area contributed by atoms with Crippen molar-refractivity contribution in [3.63, 3.8) is 0 Å². The molecular weight excluding hydrogens is 360 g/mol. The first-order chi connectivity index (χ1) is 13.2. The number of amides is 2. The van der Waals surface area contributed by atoms with Crippen molar-refractivity contribution in [3.05, 3.63) is 65.7 Å². The third-order valence-electron chi connectivity index (χ3n) is 4.85. The molecule has 0 aliphatic carbocycles. The van der Waals surface area contributed by atoms with E-state index in [-0.39, 0.29) is 23.7 Å². The van der Waals surface area contributed by atoms with Crippen LogP contribution in [0.3, 0.4) is 0 Å². The Morgan fingerprint density at radius 2 is 1.70 bits per heavy atom. The van der Waals surface area contributed by atoms with Crippen LogP contribution in [0.5, 0.6) is 0 Å². The molecule has 1 heterocycles. The van der Waals surface area contributed by atoms with Crippen molar-refractivity contribution in [2.24, 2.45) is 0 Å². The molecule has 0 unspecified atom stereocenters. The molecule has 0 N–H and O–H groups in total. The van der Waals surface area contributed by atoms with Gasteiger partial charge < -0.3 is 9.80 Å². The van der Waals surface area contributed by atoms with Gasteiger partial charge in [-0.05, 0) is 37.1 Å². The number of piperidine rings is 1. The molecule has 3 rings (SSSR count). The van der Waals surface area contributed by atoms with E-state index in [2.05, 4.69) is 5.92 Å². The highest BCUT2D eigenvalue weighted by molar-refractivity contribution is 6.29. The molecule has 5 heteroatoms. The topological polar surface area (TPSA) is 40.6 Å². The van der Waals surface area contributed by atoms with Crippen LogP contribution in [0, 0.1) is 12.3 Å². The highest BCUT2D eigenvalue weighted by Crippen LogP contribution is 2.25. The number of para-hydroxylation sites is 1. The van der Waals surface area contributed by atoms with E-state index < -0.39 is 0 Å². The molecule has 1 aliphatic heterocycles. The van der Waals surface area contributed by atoms with Crippen LogP contribution in [0.15, 0.2) is 54.6 Å². The van der Waals surface area contributed by atoms with Gasteiger partial charge in [0.15, 0.2) is 0 Å². The first-order valence-corrected chi connectivity index (χ1v) is 9.47. The predicted molar refractivity (Wildman–Crippen MR) is 108 cm³/mol. The summed E-state index contributed by atoms with van der Waals surface area (Å²) in [6.07, 6.45) is 6.91. The fourth-order valence-corrected chi connectivity index (χ4v) is 3.63. The predicted octanol–water partition coefficient (Wildman–Crippen LogP) is 3.54. The standard InChI is InChI=1S/C22H21ClN2O2/c1-2-17-8-6-7-11-20(17)22(27)24-14-12-19(13-15-24)25(21(26)16-23)18-9-4-3-5-10-18/h1,3-11,19H,12-16H2. The third kappa shape index (κ3) is 4.15. The molecule has 0 atom stereocenters. The first-order valence-electron chi connectivity index (χ1n) is 8.93. The van der Waals surface area contributed by atoms with Crippen molar-refractivity contribution in [1.29, 1.82) is 0 Å². The largest absolute Gasteiger partial charge is 0.338 e. The van der Waals surface area contributed by atoms with Gasteiger partial charge in [-0.15, -0.1) is 18.0 Å². The fourth-order valence-electron chi connectivity index (χ4n) is 3.50. The molecule has 1 fully saturated rings. The van der Waals surface area contributed by atoms with Crippen LogP contribution in [-0.4, -0.2) is 41.7 Å². The number of rotatable bonds is 4. The van der Waals surface area contributed by atoms with E-state index >= 15 is 0 Å². The van der Waals surface area contributed by atoms with E-state index in [0.29, 0.717) is 37.1 Å². The lowest BCUT2D eigenvalue weighted by molar-refractivity contribution is -0.116. The molecule has 138 valence electrons. The summed E-state index contributed by atoms with van der Waals surface area (Å²) < 4.78 is 0. The van der Waals surface area contributed by atoms with Crippen LogP contribution in [-0.2, 0) is 4.79 Å². The van der Waals surface area contributed by atoms with Crippen LogP contribution in [0.4, 0.5) is 5.69 Å². The number of benzene rings is 2. The van der Waals surface area contributed by atoms with E-state index in [0.717, 1.165) is 5.69 Å². The second kappa shape index (κ2) is 8.75. The van der Waals surface area contributed by atoms with E-state index in [4.69, 9.17) is 18.0 Å². The molecule has 4 nitrogen and oxygen atoms in total. The molecule has 0 bridgehead atoms. The van der Waals surface area contributed by atoms with E-state index in [1.807, 2.05) is 42.5 Å². The number of nitrogens with zero attached hydrogens (tertiary/aromatic N) is 2. The smallest absolute Gasteiger partial charge is 0.255 e. The SMILES string of the molecule is C#Cc1ccccc1C(=O)N1CCC(N(C(=O)CCl)c2ccccc2)CC1. The molecule has 0 spiro atoms. The molecule has 0 radical (unpaired) electrons. The molecule has 2 amide bonds. The first kappa shape index (κ1) is 19.0. The van der Waals surface area contributed by atoms with Gasteiger partial charge in [0.1, 0.15) is 5.88 Å². The maximum absolute atomic E-state index is 12.8. The highest BCUT2D eigenvalue weighted by Gasteiger charge is 2.31. The summed E-state index contributed by atoms with van der Waals surface area (Å²) in [6.45, 7) is 1.14. The van der Waals surface area contributed by atoms with Gasteiger partial charge in [0.25, 0.3) is 5.91 Å². The van der Waals surface area contributed by atoms with Gasteiger partial charge in [-0.3, -0.25) is 9.59 Å². The van der Waals surface area contributed by atoms with Gasteiger partial charge in [0, 0.05) is 30.4 Å². The van der Waals surface area contributed by atoms with Crippen LogP contribution < -0.4 is 4.90 Å². The second-order valence-corrected chi connectivity index (χ2v) is 6.71. The monoisotopic (exact) mass is 380 g/mol. The van der Waals surface area contributed by atoms with Gasteiger partial charge in [-0.1, -0.05) is 36.3 Å². The molecule has 0 aromatic heterocycles. The van der Waals surface area contributed by atoms with Crippen molar-refractivity contribution in [1.82, 2.24) is 4.90 Å². The van der Waals surface area contributed by atoms with Gasteiger partial charge in [-0.25, -0.2) is 0 Å². The summed E-state index contributed by atoms with van der Waals surface area (Å²) in [5, 5.41) is 0. The minimum atomic E-state index is -0.120. The van der Waals surface area contributed by atoms with E-state index in [9.17, 15) is 9.59 Å². The minimum Gasteiger partial charge on any atom is -0.338 e. The number of halogens is 1. The number of anilines is 1. The number of hydrogen-bond acceptors (Lipinski definition) is 2. The fraction of sp³-hybridized carbons (Fsp3) is 0.273. The van der Waals surface area contributed by atoms with E-state index in [1.165, 1.54) is 0 Å². The zero-order chi connectivity index (χ0) is 19.2. The molecule has 1 aliphatic rings. The number of carbonyl (C=O) groups excluding carboxylic acids is 2. The van der Waals surface area contributed by atoms with Crippen LogP contribution in [0.1, 0.15) is 28.8 Å². The molecular formula is C22H21ClN2O2. The summed E-state index contributed by atoms with van der Waals surface area (Å²) in [7, 11) is 0. The molecule has 0 saturated carbocycles. The Labute approximate surface area is 164 Å². The van der Waals surface area contributed by atoms with Gasteiger partial charge in [-0.2, -0.15) is 0 Å². The van der Waals surface area contributed by atoms with Crippen LogP contribution >= 0.6 is 11.6 Å². The average Bonchev–Trinajstić information content (AvgIpc) is 2.74. The Balaban J connectivity index is 1.73. The number of alkyl halides is 1. The number of hydrogen-bond donors (Lipinski definition) is 0. The number of carbonyl (C=O) groups is 2. The second-order valence-electron chi connectivity index (χ2n) is 6.45. The summed E-state index contributed by atoms with van der Waals surface area (Å²) in [6, 6.07) is 16.7. The lowest BCUT2D eigenvalue weighted by atomic mass is 10.00. The maximum atomic E-state index is 12.8. The summed E-state index contributed by atoms with van der Waals surface area (Å²) in [4.78, 5) is 28.8. The van der Waals surface area contributed by atoms with Gasteiger partial charge in [0.05, 0.1) is 5.56 Å². The van der Waals surface area contributed by atoms with Gasteiger partial charge >= 0.3 is 0 Å². The Bertz CT molecular complexity index is 852. The third-order valence-corrected chi connectivity index (χ3v) is 5.08. The Morgan fingerprint density at radius 1 is 1.07 bits per heavy atom. The highest BCUT2D eigenvalue weighted by atomic mass is 35.5. The summed E-state index contributed by atoms with van der Waals surface area (Å²) in [5.41, 5.74) is 1.99. The Morgan fingerprint density at radius 3 is 2.33 bits per heavy atom. The van der Waals surface area contributed by atoms with Crippen molar-refractivity contribution >= 4 is 29.1 Å². The van der Waals surface area contributed by atoms with Crippen molar-refractivity contribution in [3.8, 4) is 12.3 Å². The lowest BCUT2D eigenvalue weighted by Gasteiger charge is -2.38. The average molecular weight is 381 g/mol. The minimum absolute atomic E-state index is 0.0191. The zero-order valence-corrected chi connectivity index (χ0v) is 15.7.